The van der Waals surface area contributed by atoms with Gasteiger partial charge in [-0.2, -0.15) is 0 Å². The van der Waals surface area contributed by atoms with Crippen molar-refractivity contribution in [3.8, 4) is 0 Å². The first kappa shape index (κ1) is 10.5. The summed E-state index contributed by atoms with van der Waals surface area (Å²) in [5.74, 6) is 0.630. The predicted molar refractivity (Wildman–Crippen MR) is 51.4 cm³/mol. The molecule has 0 amide bonds. The van der Waals surface area contributed by atoms with Crippen LogP contribution >= 0.6 is 0 Å². The Bertz CT molecular complexity index is 180. The minimum absolute atomic E-state index is 0.0434. The second kappa shape index (κ2) is 4.61. The molecule has 0 aromatic rings. The highest BCUT2D eigenvalue weighted by Gasteiger charge is 2.31. The topological polar surface area (TPSA) is 38.3 Å². The standard InChI is InChI=1S/C10H19NO2/c1-4-13-10(12)8-5-9(7(2)3)11-6-8/h7-9,11H,4-6H2,1-3H3/t8-,9?/m0/s1. The van der Waals surface area contributed by atoms with Crippen LogP contribution < -0.4 is 5.32 Å². The summed E-state index contributed by atoms with van der Waals surface area (Å²) < 4.78 is 4.97. The summed E-state index contributed by atoms with van der Waals surface area (Å²) in [6.07, 6.45) is 0.927. The van der Waals surface area contributed by atoms with E-state index in [0.29, 0.717) is 18.6 Å². The Labute approximate surface area is 79.8 Å². The first-order valence-corrected chi connectivity index (χ1v) is 5.05. The number of nitrogens with one attached hydrogen (secondary N) is 1. The van der Waals surface area contributed by atoms with E-state index in [9.17, 15) is 4.79 Å². The molecule has 1 heterocycles. The first-order chi connectivity index (χ1) is 6.15. The van der Waals surface area contributed by atoms with Gasteiger partial charge in [-0.3, -0.25) is 4.79 Å². The largest absolute Gasteiger partial charge is 0.466 e. The molecule has 0 radical (unpaired) electrons. The Hall–Kier alpha value is -0.570. The fourth-order valence-corrected chi connectivity index (χ4v) is 1.71. The van der Waals surface area contributed by atoms with Gasteiger partial charge in [0.1, 0.15) is 0 Å². The summed E-state index contributed by atoms with van der Waals surface area (Å²) in [6, 6.07) is 0.481. The summed E-state index contributed by atoms with van der Waals surface area (Å²) >= 11 is 0. The third-order valence-corrected chi connectivity index (χ3v) is 2.59. The van der Waals surface area contributed by atoms with Crippen LogP contribution in [-0.2, 0) is 9.53 Å². The van der Waals surface area contributed by atoms with Crippen molar-refractivity contribution in [2.24, 2.45) is 11.8 Å². The molecule has 13 heavy (non-hydrogen) atoms. The van der Waals surface area contributed by atoms with Gasteiger partial charge in [0.25, 0.3) is 0 Å². The Balaban J connectivity index is 2.36. The number of hydrogen-bond acceptors (Lipinski definition) is 3. The van der Waals surface area contributed by atoms with Crippen LogP contribution in [0.4, 0.5) is 0 Å². The molecular weight excluding hydrogens is 166 g/mol. The second-order valence-electron chi connectivity index (χ2n) is 3.94. The van der Waals surface area contributed by atoms with Crippen LogP contribution in [0.15, 0.2) is 0 Å². The Kier molecular flexibility index (Phi) is 3.72. The molecule has 1 aliphatic heterocycles. The van der Waals surface area contributed by atoms with Gasteiger partial charge in [-0.1, -0.05) is 13.8 Å². The van der Waals surface area contributed by atoms with Crippen LogP contribution in [0.3, 0.4) is 0 Å². The lowest BCUT2D eigenvalue weighted by Crippen LogP contribution is -2.26. The van der Waals surface area contributed by atoms with E-state index in [1.165, 1.54) is 0 Å². The quantitative estimate of drug-likeness (QED) is 0.671. The highest BCUT2D eigenvalue weighted by Crippen LogP contribution is 2.20. The smallest absolute Gasteiger partial charge is 0.310 e. The van der Waals surface area contributed by atoms with Crippen molar-refractivity contribution >= 4 is 5.97 Å². The number of esters is 1. The van der Waals surface area contributed by atoms with Crippen molar-refractivity contribution in [2.45, 2.75) is 33.2 Å². The first-order valence-electron chi connectivity index (χ1n) is 5.05. The molecule has 0 aliphatic carbocycles. The predicted octanol–water partition coefficient (Wildman–Crippen LogP) is 1.18. The van der Waals surface area contributed by atoms with Gasteiger partial charge < -0.3 is 10.1 Å². The van der Waals surface area contributed by atoms with E-state index < -0.39 is 0 Å². The Morgan fingerprint density at radius 2 is 2.31 bits per heavy atom. The minimum atomic E-state index is -0.0434. The third kappa shape index (κ3) is 2.69. The van der Waals surface area contributed by atoms with Crippen molar-refractivity contribution in [1.29, 1.82) is 0 Å². The van der Waals surface area contributed by atoms with Gasteiger partial charge in [0.2, 0.25) is 0 Å². The van der Waals surface area contributed by atoms with Gasteiger partial charge in [0, 0.05) is 12.6 Å². The molecule has 1 saturated heterocycles. The lowest BCUT2D eigenvalue weighted by atomic mass is 9.98. The molecule has 0 aromatic carbocycles. The maximum Gasteiger partial charge on any atom is 0.310 e. The molecule has 1 N–H and O–H groups in total. The minimum Gasteiger partial charge on any atom is -0.466 e. The van der Waals surface area contributed by atoms with E-state index in [4.69, 9.17) is 4.74 Å². The molecule has 0 aromatic heterocycles. The zero-order chi connectivity index (χ0) is 9.84. The average molecular weight is 185 g/mol. The van der Waals surface area contributed by atoms with Gasteiger partial charge in [0.15, 0.2) is 0 Å². The van der Waals surface area contributed by atoms with Crippen LogP contribution in [0.25, 0.3) is 0 Å². The van der Waals surface area contributed by atoms with Crippen molar-refractivity contribution in [1.82, 2.24) is 5.32 Å². The van der Waals surface area contributed by atoms with Crippen LogP contribution in [0.1, 0.15) is 27.2 Å². The molecule has 0 saturated carbocycles. The molecule has 0 spiro atoms. The van der Waals surface area contributed by atoms with Crippen LogP contribution in [0, 0.1) is 11.8 Å². The van der Waals surface area contributed by atoms with Crippen LogP contribution in [0.5, 0.6) is 0 Å². The molecule has 2 atom stereocenters. The average Bonchev–Trinajstić information content (AvgIpc) is 2.52. The summed E-state index contributed by atoms with van der Waals surface area (Å²) in [5, 5.41) is 3.34. The van der Waals surface area contributed by atoms with Gasteiger partial charge in [0.05, 0.1) is 12.5 Å². The van der Waals surface area contributed by atoms with E-state index >= 15 is 0 Å². The summed E-state index contributed by atoms with van der Waals surface area (Å²) in [5.41, 5.74) is 0. The van der Waals surface area contributed by atoms with E-state index in [1.807, 2.05) is 6.92 Å². The van der Waals surface area contributed by atoms with Crippen molar-refractivity contribution in [2.75, 3.05) is 13.2 Å². The van der Waals surface area contributed by atoms with Crippen LogP contribution in [0.2, 0.25) is 0 Å². The lowest BCUT2D eigenvalue weighted by molar-refractivity contribution is -0.147. The molecule has 0 bridgehead atoms. The zero-order valence-corrected chi connectivity index (χ0v) is 8.67. The fourth-order valence-electron chi connectivity index (χ4n) is 1.71. The summed E-state index contributed by atoms with van der Waals surface area (Å²) in [6.45, 7) is 7.46. The van der Waals surface area contributed by atoms with Gasteiger partial charge in [-0.05, 0) is 19.3 Å². The van der Waals surface area contributed by atoms with E-state index in [-0.39, 0.29) is 11.9 Å². The number of rotatable bonds is 3. The number of hydrogen-bond donors (Lipinski definition) is 1. The summed E-state index contributed by atoms with van der Waals surface area (Å²) in [7, 11) is 0. The monoisotopic (exact) mass is 185 g/mol. The molecule has 1 aliphatic rings. The second-order valence-corrected chi connectivity index (χ2v) is 3.94. The molecule has 3 heteroatoms. The molecule has 76 valence electrons. The number of carbonyl (C=O) groups excluding carboxylic acids is 1. The van der Waals surface area contributed by atoms with Gasteiger partial charge >= 0.3 is 5.97 Å². The molecule has 1 unspecified atom stereocenters. The van der Waals surface area contributed by atoms with E-state index in [1.54, 1.807) is 0 Å². The zero-order valence-electron chi connectivity index (χ0n) is 8.67. The third-order valence-electron chi connectivity index (χ3n) is 2.59. The van der Waals surface area contributed by atoms with Gasteiger partial charge in [-0.25, -0.2) is 0 Å². The van der Waals surface area contributed by atoms with Gasteiger partial charge in [-0.15, -0.1) is 0 Å². The van der Waals surface area contributed by atoms with E-state index in [2.05, 4.69) is 19.2 Å². The maximum atomic E-state index is 11.4. The Morgan fingerprint density at radius 3 is 2.77 bits per heavy atom. The Morgan fingerprint density at radius 1 is 1.62 bits per heavy atom. The molecule has 1 fully saturated rings. The number of ether oxygens (including phenoxy) is 1. The maximum absolute atomic E-state index is 11.4. The highest BCUT2D eigenvalue weighted by molar-refractivity contribution is 5.73. The molecular formula is C10H19NO2. The SMILES string of the molecule is CCOC(=O)[C@@H]1CNC(C(C)C)C1. The summed E-state index contributed by atoms with van der Waals surface area (Å²) in [4.78, 5) is 11.4. The fraction of sp³-hybridized carbons (Fsp3) is 0.900. The highest BCUT2D eigenvalue weighted by atomic mass is 16.5. The van der Waals surface area contributed by atoms with Crippen molar-refractivity contribution < 1.29 is 9.53 Å². The lowest BCUT2D eigenvalue weighted by Gasteiger charge is -2.13. The molecule has 1 rings (SSSR count). The molecule has 3 nitrogen and oxygen atoms in total. The normalized spacial score (nSPS) is 28.0. The van der Waals surface area contributed by atoms with E-state index in [0.717, 1.165) is 13.0 Å². The van der Waals surface area contributed by atoms with Crippen LogP contribution in [-0.4, -0.2) is 25.2 Å². The van der Waals surface area contributed by atoms with Crippen molar-refractivity contribution in [3.63, 3.8) is 0 Å². The number of carbonyl (C=O) groups is 1. The van der Waals surface area contributed by atoms with Crippen molar-refractivity contribution in [3.05, 3.63) is 0 Å².